The highest BCUT2D eigenvalue weighted by Crippen LogP contribution is 2.29. The van der Waals surface area contributed by atoms with Gasteiger partial charge in [0.05, 0.1) is 24.2 Å². The van der Waals surface area contributed by atoms with E-state index in [4.69, 9.17) is 4.74 Å². The van der Waals surface area contributed by atoms with E-state index in [0.717, 1.165) is 26.1 Å². The molecule has 19 heavy (non-hydrogen) atoms. The zero-order valence-electron chi connectivity index (χ0n) is 11.4. The SMILES string of the molecule is O=S1(=O)CCNC(CCN2CCOC3CCCC32)C1. The van der Waals surface area contributed by atoms with Crippen LogP contribution in [0.15, 0.2) is 0 Å². The van der Waals surface area contributed by atoms with Gasteiger partial charge in [0.25, 0.3) is 0 Å². The molecule has 6 heteroatoms. The lowest BCUT2D eigenvalue weighted by atomic mass is 10.1. The molecule has 0 amide bonds. The van der Waals surface area contributed by atoms with Crippen LogP contribution in [-0.2, 0) is 14.6 Å². The summed E-state index contributed by atoms with van der Waals surface area (Å²) in [6, 6.07) is 0.718. The second kappa shape index (κ2) is 5.68. The molecule has 0 aromatic carbocycles. The monoisotopic (exact) mass is 288 g/mol. The molecule has 5 nitrogen and oxygen atoms in total. The van der Waals surface area contributed by atoms with E-state index < -0.39 is 9.84 Å². The van der Waals surface area contributed by atoms with E-state index in [1.54, 1.807) is 0 Å². The van der Waals surface area contributed by atoms with Gasteiger partial charge in [-0.25, -0.2) is 8.42 Å². The summed E-state index contributed by atoms with van der Waals surface area (Å²) in [5.41, 5.74) is 0. The molecule has 0 radical (unpaired) electrons. The molecule has 3 aliphatic rings. The quantitative estimate of drug-likeness (QED) is 0.793. The number of rotatable bonds is 3. The Morgan fingerprint density at radius 2 is 2.21 bits per heavy atom. The molecule has 110 valence electrons. The number of ether oxygens (including phenoxy) is 1. The fourth-order valence-corrected chi connectivity index (χ4v) is 5.15. The smallest absolute Gasteiger partial charge is 0.153 e. The molecule has 2 saturated heterocycles. The highest BCUT2D eigenvalue weighted by atomic mass is 32.2. The maximum absolute atomic E-state index is 11.6. The third-order valence-corrected chi connectivity index (χ3v) is 6.40. The number of hydrogen-bond acceptors (Lipinski definition) is 5. The van der Waals surface area contributed by atoms with Crippen LogP contribution >= 0.6 is 0 Å². The minimum atomic E-state index is -2.81. The van der Waals surface area contributed by atoms with Crippen molar-refractivity contribution in [3.05, 3.63) is 0 Å². The van der Waals surface area contributed by atoms with Gasteiger partial charge in [-0.3, -0.25) is 4.90 Å². The predicted octanol–water partition coefficient (Wildman–Crippen LogP) is 0.0164. The molecule has 1 N–H and O–H groups in total. The van der Waals surface area contributed by atoms with Crippen molar-refractivity contribution in [2.75, 3.05) is 37.7 Å². The summed E-state index contributed by atoms with van der Waals surface area (Å²) in [7, 11) is -2.81. The number of nitrogens with one attached hydrogen (secondary N) is 1. The van der Waals surface area contributed by atoms with Crippen molar-refractivity contribution in [2.24, 2.45) is 0 Å². The van der Waals surface area contributed by atoms with Crippen LogP contribution in [0.25, 0.3) is 0 Å². The Kier molecular flexibility index (Phi) is 4.12. The summed E-state index contributed by atoms with van der Waals surface area (Å²) >= 11 is 0. The number of fused-ring (bicyclic) bond motifs is 1. The van der Waals surface area contributed by atoms with Gasteiger partial charge in [-0.1, -0.05) is 0 Å². The van der Waals surface area contributed by atoms with Gasteiger partial charge in [0, 0.05) is 31.7 Å². The van der Waals surface area contributed by atoms with Gasteiger partial charge in [-0.05, 0) is 25.7 Å². The van der Waals surface area contributed by atoms with Crippen molar-refractivity contribution in [1.82, 2.24) is 10.2 Å². The fraction of sp³-hybridized carbons (Fsp3) is 1.00. The van der Waals surface area contributed by atoms with Crippen LogP contribution in [-0.4, -0.2) is 69.3 Å². The summed E-state index contributed by atoms with van der Waals surface area (Å²) in [6.07, 6.45) is 5.06. The molecule has 1 saturated carbocycles. The summed E-state index contributed by atoms with van der Waals surface area (Å²) in [5.74, 6) is 0.608. The third kappa shape index (κ3) is 3.29. The van der Waals surface area contributed by atoms with Crippen molar-refractivity contribution in [3.8, 4) is 0 Å². The van der Waals surface area contributed by atoms with Gasteiger partial charge in [0.15, 0.2) is 9.84 Å². The Morgan fingerprint density at radius 3 is 3.05 bits per heavy atom. The Labute approximate surface area is 115 Å². The van der Waals surface area contributed by atoms with E-state index in [1.165, 1.54) is 19.3 Å². The Morgan fingerprint density at radius 1 is 1.32 bits per heavy atom. The molecular formula is C13H24N2O3S. The largest absolute Gasteiger partial charge is 0.375 e. The molecule has 2 aliphatic heterocycles. The average molecular weight is 288 g/mol. The Bertz CT molecular complexity index is 412. The first-order chi connectivity index (χ1) is 9.14. The second-order valence-electron chi connectivity index (χ2n) is 6.00. The molecule has 3 rings (SSSR count). The van der Waals surface area contributed by atoms with E-state index in [-0.39, 0.29) is 6.04 Å². The molecule has 3 atom stereocenters. The van der Waals surface area contributed by atoms with Gasteiger partial charge in [0.2, 0.25) is 0 Å². The highest BCUT2D eigenvalue weighted by Gasteiger charge is 2.36. The van der Waals surface area contributed by atoms with Crippen molar-refractivity contribution in [1.29, 1.82) is 0 Å². The summed E-state index contributed by atoms with van der Waals surface area (Å²) in [4.78, 5) is 2.52. The molecule has 0 bridgehead atoms. The molecular weight excluding hydrogens is 264 g/mol. The Hall–Kier alpha value is -0.170. The third-order valence-electron chi connectivity index (χ3n) is 4.66. The molecule has 3 unspecified atom stereocenters. The van der Waals surface area contributed by atoms with Crippen LogP contribution in [0, 0.1) is 0 Å². The van der Waals surface area contributed by atoms with Gasteiger partial charge in [-0.2, -0.15) is 0 Å². The van der Waals surface area contributed by atoms with Gasteiger partial charge in [-0.15, -0.1) is 0 Å². The van der Waals surface area contributed by atoms with Crippen molar-refractivity contribution in [3.63, 3.8) is 0 Å². The first-order valence-corrected chi connectivity index (χ1v) is 9.26. The zero-order chi connectivity index (χ0) is 13.3. The van der Waals surface area contributed by atoms with Crippen LogP contribution < -0.4 is 5.32 Å². The summed E-state index contributed by atoms with van der Waals surface area (Å²) in [5, 5.41) is 3.34. The molecule has 3 fully saturated rings. The minimum absolute atomic E-state index is 0.140. The van der Waals surface area contributed by atoms with Gasteiger partial charge < -0.3 is 10.1 Å². The molecule has 0 aromatic heterocycles. The average Bonchev–Trinajstić information content (AvgIpc) is 2.84. The van der Waals surface area contributed by atoms with Crippen LogP contribution in [0.3, 0.4) is 0 Å². The van der Waals surface area contributed by atoms with E-state index in [1.807, 2.05) is 0 Å². The molecule has 2 heterocycles. The predicted molar refractivity (Wildman–Crippen MR) is 74.0 cm³/mol. The van der Waals surface area contributed by atoms with Crippen LogP contribution in [0.2, 0.25) is 0 Å². The van der Waals surface area contributed by atoms with Crippen molar-refractivity contribution < 1.29 is 13.2 Å². The molecule has 0 spiro atoms. The van der Waals surface area contributed by atoms with E-state index >= 15 is 0 Å². The fourth-order valence-electron chi connectivity index (χ4n) is 3.66. The number of morpholine rings is 1. The van der Waals surface area contributed by atoms with Crippen molar-refractivity contribution >= 4 is 9.84 Å². The lowest BCUT2D eigenvalue weighted by molar-refractivity contribution is -0.0562. The zero-order valence-corrected chi connectivity index (χ0v) is 12.2. The minimum Gasteiger partial charge on any atom is -0.375 e. The first kappa shape index (κ1) is 13.8. The summed E-state index contributed by atoms with van der Waals surface area (Å²) < 4.78 is 29.0. The van der Waals surface area contributed by atoms with Crippen LogP contribution in [0.5, 0.6) is 0 Å². The van der Waals surface area contributed by atoms with Crippen LogP contribution in [0.4, 0.5) is 0 Å². The van der Waals surface area contributed by atoms with Crippen LogP contribution in [0.1, 0.15) is 25.7 Å². The second-order valence-corrected chi connectivity index (χ2v) is 8.23. The lowest BCUT2D eigenvalue weighted by Gasteiger charge is -2.38. The van der Waals surface area contributed by atoms with E-state index in [9.17, 15) is 8.42 Å². The topological polar surface area (TPSA) is 58.6 Å². The summed E-state index contributed by atoms with van der Waals surface area (Å²) in [6.45, 7) is 3.44. The van der Waals surface area contributed by atoms with Gasteiger partial charge >= 0.3 is 0 Å². The number of hydrogen-bond donors (Lipinski definition) is 1. The van der Waals surface area contributed by atoms with E-state index in [2.05, 4.69) is 10.2 Å². The maximum atomic E-state index is 11.6. The Balaban J connectivity index is 1.51. The highest BCUT2D eigenvalue weighted by molar-refractivity contribution is 7.91. The number of sulfone groups is 1. The standard InChI is InChI=1S/C13H24N2O3S/c16-19(17)9-5-14-11(10-19)4-6-15-7-8-18-13-3-1-2-12(13)15/h11-14H,1-10H2. The van der Waals surface area contributed by atoms with Crippen molar-refractivity contribution in [2.45, 2.75) is 43.9 Å². The van der Waals surface area contributed by atoms with E-state index in [0.29, 0.717) is 30.2 Å². The number of nitrogens with zero attached hydrogens (tertiary/aromatic N) is 1. The lowest BCUT2D eigenvalue weighted by Crippen LogP contribution is -2.51. The molecule has 1 aliphatic carbocycles. The molecule has 0 aromatic rings. The maximum Gasteiger partial charge on any atom is 0.153 e. The first-order valence-electron chi connectivity index (χ1n) is 7.43. The normalized spacial score (nSPS) is 39.1. The van der Waals surface area contributed by atoms with Gasteiger partial charge in [0.1, 0.15) is 0 Å².